The fourth-order valence-corrected chi connectivity index (χ4v) is 4.18. The molecule has 0 amide bonds. The highest BCUT2D eigenvalue weighted by atomic mass is 32.2. The summed E-state index contributed by atoms with van der Waals surface area (Å²) < 4.78 is 29.0. The van der Waals surface area contributed by atoms with E-state index in [2.05, 4.69) is 15.1 Å². The van der Waals surface area contributed by atoms with Crippen molar-refractivity contribution in [2.45, 2.75) is 12.8 Å². The topological polar surface area (TPSA) is 84.2 Å². The first-order chi connectivity index (χ1) is 11.4. The zero-order chi connectivity index (χ0) is 17.3. The molecule has 1 atom stereocenters. The van der Waals surface area contributed by atoms with E-state index in [0.29, 0.717) is 19.5 Å². The number of nitrogens with zero attached hydrogens (tertiary/aromatic N) is 6. The second-order valence-corrected chi connectivity index (χ2v) is 8.40. The van der Waals surface area contributed by atoms with Crippen LogP contribution in [0.1, 0.15) is 12.1 Å². The standard InChI is InChI=1S/C15H22N6O2S/c1-19(2)24(22,23)21-7-4-12(10-21)8-14-15(17-6-5-16-14)13-9-18-20(3)11-13/h5-6,9,11-12H,4,7-8,10H2,1-3H3. The molecule has 1 saturated heterocycles. The predicted octanol–water partition coefficient (Wildman–Crippen LogP) is 0.548. The summed E-state index contributed by atoms with van der Waals surface area (Å²) in [4.78, 5) is 8.92. The summed E-state index contributed by atoms with van der Waals surface area (Å²) in [5.41, 5.74) is 2.63. The minimum absolute atomic E-state index is 0.242. The fraction of sp³-hybridized carbons (Fsp3) is 0.533. The van der Waals surface area contributed by atoms with Crippen LogP contribution in [0.2, 0.25) is 0 Å². The molecule has 0 saturated carbocycles. The maximum Gasteiger partial charge on any atom is 0.281 e. The molecule has 3 heterocycles. The Balaban J connectivity index is 1.77. The summed E-state index contributed by atoms with van der Waals surface area (Å²) in [6, 6.07) is 0. The molecule has 8 nitrogen and oxygen atoms in total. The van der Waals surface area contributed by atoms with Crippen LogP contribution in [0.5, 0.6) is 0 Å². The van der Waals surface area contributed by atoms with E-state index < -0.39 is 10.2 Å². The van der Waals surface area contributed by atoms with Crippen molar-refractivity contribution in [3.8, 4) is 11.3 Å². The van der Waals surface area contributed by atoms with E-state index in [-0.39, 0.29) is 5.92 Å². The minimum atomic E-state index is -3.34. The molecule has 1 aliphatic heterocycles. The van der Waals surface area contributed by atoms with Gasteiger partial charge in [-0.3, -0.25) is 14.6 Å². The van der Waals surface area contributed by atoms with E-state index in [1.807, 2.05) is 13.2 Å². The van der Waals surface area contributed by atoms with Gasteiger partial charge in [0.15, 0.2) is 0 Å². The van der Waals surface area contributed by atoms with E-state index in [0.717, 1.165) is 23.4 Å². The number of hydrogen-bond donors (Lipinski definition) is 0. The van der Waals surface area contributed by atoms with Crippen LogP contribution in [0.15, 0.2) is 24.8 Å². The summed E-state index contributed by atoms with van der Waals surface area (Å²) in [5.74, 6) is 0.242. The molecule has 1 unspecified atom stereocenters. The lowest BCUT2D eigenvalue weighted by molar-refractivity contribution is 0.409. The quantitative estimate of drug-likeness (QED) is 0.786. The van der Waals surface area contributed by atoms with E-state index in [1.54, 1.807) is 37.4 Å². The first-order valence-electron chi connectivity index (χ1n) is 7.84. The van der Waals surface area contributed by atoms with Crippen molar-refractivity contribution in [3.05, 3.63) is 30.5 Å². The van der Waals surface area contributed by atoms with Crippen LogP contribution in [0, 0.1) is 5.92 Å². The zero-order valence-corrected chi connectivity index (χ0v) is 14.9. The van der Waals surface area contributed by atoms with Crippen LogP contribution in [0.25, 0.3) is 11.3 Å². The van der Waals surface area contributed by atoms with E-state index >= 15 is 0 Å². The smallest absolute Gasteiger partial charge is 0.275 e. The molecular weight excluding hydrogens is 328 g/mol. The van der Waals surface area contributed by atoms with Crippen molar-refractivity contribution in [2.75, 3.05) is 27.2 Å². The molecule has 0 aromatic carbocycles. The molecule has 24 heavy (non-hydrogen) atoms. The van der Waals surface area contributed by atoms with Crippen LogP contribution in [-0.2, 0) is 23.7 Å². The van der Waals surface area contributed by atoms with Crippen molar-refractivity contribution >= 4 is 10.2 Å². The molecule has 0 N–H and O–H groups in total. The van der Waals surface area contributed by atoms with Crippen LogP contribution in [0.4, 0.5) is 0 Å². The molecular formula is C15H22N6O2S. The third kappa shape index (κ3) is 3.33. The highest BCUT2D eigenvalue weighted by Gasteiger charge is 2.33. The number of rotatable bonds is 5. The molecule has 9 heteroatoms. The molecule has 130 valence electrons. The Labute approximate surface area is 142 Å². The Kier molecular flexibility index (Phi) is 4.66. The van der Waals surface area contributed by atoms with E-state index in [4.69, 9.17) is 0 Å². The molecule has 0 aliphatic carbocycles. The van der Waals surface area contributed by atoms with Gasteiger partial charge in [0, 0.05) is 58.4 Å². The SMILES string of the molecule is CN(C)S(=O)(=O)N1CCC(Cc2nccnc2-c2cnn(C)c2)C1. The largest absolute Gasteiger partial charge is 0.281 e. The maximum atomic E-state index is 12.2. The third-order valence-electron chi connectivity index (χ3n) is 4.27. The van der Waals surface area contributed by atoms with Gasteiger partial charge in [0.2, 0.25) is 0 Å². The Bertz CT molecular complexity index is 817. The Hall–Kier alpha value is -1.84. The van der Waals surface area contributed by atoms with Crippen molar-refractivity contribution in [1.82, 2.24) is 28.4 Å². The second-order valence-electron chi connectivity index (χ2n) is 6.26. The number of hydrogen-bond acceptors (Lipinski definition) is 5. The van der Waals surface area contributed by atoms with Gasteiger partial charge in [-0.1, -0.05) is 0 Å². The lowest BCUT2D eigenvalue weighted by Gasteiger charge is -2.20. The molecule has 0 spiro atoms. The van der Waals surface area contributed by atoms with Gasteiger partial charge in [-0.2, -0.15) is 22.1 Å². The Morgan fingerprint density at radius 2 is 2.04 bits per heavy atom. The predicted molar refractivity (Wildman–Crippen MR) is 90.2 cm³/mol. The van der Waals surface area contributed by atoms with Gasteiger partial charge >= 0.3 is 0 Å². The first kappa shape index (κ1) is 17.0. The third-order valence-corrected chi connectivity index (χ3v) is 6.18. The average molecular weight is 350 g/mol. The van der Waals surface area contributed by atoms with Crippen molar-refractivity contribution in [1.29, 1.82) is 0 Å². The van der Waals surface area contributed by atoms with Crippen LogP contribution in [-0.4, -0.2) is 64.0 Å². The minimum Gasteiger partial charge on any atom is -0.275 e. The summed E-state index contributed by atoms with van der Waals surface area (Å²) in [7, 11) is 1.64. The van der Waals surface area contributed by atoms with Gasteiger partial charge in [-0.25, -0.2) is 0 Å². The van der Waals surface area contributed by atoms with Crippen molar-refractivity contribution in [3.63, 3.8) is 0 Å². The molecule has 2 aromatic heterocycles. The first-order valence-corrected chi connectivity index (χ1v) is 9.24. The van der Waals surface area contributed by atoms with Gasteiger partial charge < -0.3 is 0 Å². The van der Waals surface area contributed by atoms with Crippen molar-refractivity contribution in [2.24, 2.45) is 13.0 Å². The number of aryl methyl sites for hydroxylation is 1. The Morgan fingerprint density at radius 3 is 2.71 bits per heavy atom. The maximum absolute atomic E-state index is 12.2. The monoisotopic (exact) mass is 350 g/mol. The van der Waals surface area contributed by atoms with Gasteiger partial charge in [0.05, 0.1) is 17.6 Å². The summed E-state index contributed by atoms with van der Waals surface area (Å²) in [5, 5.41) is 4.19. The highest BCUT2D eigenvalue weighted by Crippen LogP contribution is 2.27. The summed E-state index contributed by atoms with van der Waals surface area (Å²) in [6.07, 6.45) is 8.56. The molecule has 2 aromatic rings. The molecule has 1 aliphatic rings. The molecule has 0 bridgehead atoms. The summed E-state index contributed by atoms with van der Waals surface area (Å²) in [6.45, 7) is 1.07. The van der Waals surface area contributed by atoms with Gasteiger partial charge in [0.1, 0.15) is 0 Å². The summed E-state index contributed by atoms with van der Waals surface area (Å²) >= 11 is 0. The lowest BCUT2D eigenvalue weighted by Crippen LogP contribution is -2.38. The highest BCUT2D eigenvalue weighted by molar-refractivity contribution is 7.86. The Morgan fingerprint density at radius 1 is 1.29 bits per heavy atom. The molecule has 1 fully saturated rings. The van der Waals surface area contributed by atoms with Crippen LogP contribution in [0.3, 0.4) is 0 Å². The van der Waals surface area contributed by atoms with Gasteiger partial charge in [-0.05, 0) is 18.8 Å². The number of aromatic nitrogens is 4. The fourth-order valence-electron chi connectivity index (χ4n) is 2.98. The molecule has 0 radical (unpaired) electrons. The van der Waals surface area contributed by atoms with Gasteiger partial charge in [0.25, 0.3) is 10.2 Å². The zero-order valence-electron chi connectivity index (χ0n) is 14.1. The van der Waals surface area contributed by atoms with E-state index in [1.165, 1.54) is 8.61 Å². The normalized spacial score (nSPS) is 19.2. The molecule has 3 rings (SSSR count). The van der Waals surface area contributed by atoms with Crippen molar-refractivity contribution < 1.29 is 8.42 Å². The van der Waals surface area contributed by atoms with Crippen LogP contribution >= 0.6 is 0 Å². The van der Waals surface area contributed by atoms with Gasteiger partial charge in [-0.15, -0.1) is 0 Å². The lowest BCUT2D eigenvalue weighted by atomic mass is 10.00. The van der Waals surface area contributed by atoms with E-state index in [9.17, 15) is 8.42 Å². The average Bonchev–Trinajstić information content (AvgIpc) is 3.17. The second kappa shape index (κ2) is 6.58. The van der Waals surface area contributed by atoms with Crippen LogP contribution < -0.4 is 0 Å².